The first-order chi connectivity index (χ1) is 40.6. The number of fused-ring (bicyclic) bond motifs is 7. The minimum absolute atomic E-state index is 0.202. The second kappa shape index (κ2) is 24.8. The van der Waals surface area contributed by atoms with Crippen LogP contribution in [0.4, 0.5) is 0 Å². The van der Waals surface area contributed by atoms with Crippen LogP contribution < -0.4 is 0 Å². The maximum Gasteiger partial charge on any atom is 0.335 e. The van der Waals surface area contributed by atoms with Gasteiger partial charge in [0.15, 0.2) is 37.4 Å². The van der Waals surface area contributed by atoms with Crippen LogP contribution in [-0.2, 0) is 61.8 Å². The van der Waals surface area contributed by atoms with Crippen molar-refractivity contribution in [2.45, 2.75) is 262 Å². The molecule has 0 aromatic rings. The van der Waals surface area contributed by atoms with Crippen molar-refractivity contribution in [1.82, 2.24) is 0 Å². The Morgan fingerprint density at radius 2 is 1.21 bits per heavy atom. The van der Waals surface area contributed by atoms with E-state index in [9.17, 15) is 85.9 Å². The lowest BCUT2D eigenvalue weighted by Gasteiger charge is -2.73. The highest BCUT2D eigenvalue weighted by atomic mass is 16.8. The van der Waals surface area contributed by atoms with E-state index in [1.807, 2.05) is 34.6 Å². The summed E-state index contributed by atoms with van der Waals surface area (Å²) < 4.78 is 61.1. The molecular formula is C60H94O27. The molecule has 27 heteroatoms. The molecule has 27 nitrogen and oxygen atoms in total. The molecular weight excluding hydrogens is 1150 g/mol. The number of carboxylic acid groups (broad SMARTS) is 1. The Hall–Kier alpha value is -2.95. The van der Waals surface area contributed by atoms with Gasteiger partial charge in [-0.25, -0.2) is 9.59 Å². The first-order valence-electron chi connectivity index (χ1n) is 30.4. The van der Waals surface area contributed by atoms with Crippen LogP contribution >= 0.6 is 0 Å². The molecule has 9 aliphatic rings. The van der Waals surface area contributed by atoms with Crippen LogP contribution in [0.5, 0.6) is 0 Å². The molecule has 496 valence electrons. The predicted octanol–water partition coefficient (Wildman–Crippen LogP) is -1.83. The summed E-state index contributed by atoms with van der Waals surface area (Å²) in [6, 6.07) is 0. The Balaban J connectivity index is 1.04. The summed E-state index contributed by atoms with van der Waals surface area (Å²) in [7, 11) is 0. The molecule has 0 amide bonds. The largest absolute Gasteiger partial charge is 0.479 e. The van der Waals surface area contributed by atoms with Gasteiger partial charge in [-0.2, -0.15) is 0 Å². The summed E-state index contributed by atoms with van der Waals surface area (Å²) in [5.74, 6) is -4.38. The molecule has 4 heterocycles. The van der Waals surface area contributed by atoms with E-state index in [2.05, 4.69) is 19.9 Å². The lowest BCUT2D eigenvalue weighted by Crippen LogP contribution is -2.77. The number of rotatable bonds is 15. The monoisotopic (exact) mass is 1250 g/mol. The average molecular weight is 1250 g/mol. The average Bonchev–Trinajstić information content (AvgIpc) is 0.904. The Kier molecular flexibility index (Phi) is 19.5. The third-order valence-electron chi connectivity index (χ3n) is 22.7. The van der Waals surface area contributed by atoms with Gasteiger partial charge in [0.25, 0.3) is 0 Å². The first-order valence-corrected chi connectivity index (χ1v) is 30.4. The highest BCUT2D eigenvalue weighted by Crippen LogP contribution is 2.76. The highest BCUT2D eigenvalue weighted by molar-refractivity contribution is 5.87. The Morgan fingerprint density at radius 3 is 1.78 bits per heavy atom. The van der Waals surface area contributed by atoms with Gasteiger partial charge in [0.05, 0.1) is 49.7 Å². The SMILES string of the molecule is C/C=C(/C)C(=O)O[C@H]1[C@H](O)[C@@H](O[C@@H]2[C@H](OC(C)=O)C(C)(C)CC3C4=CCC5[C@@]6(C)CC[C@H](O[C@H]7O[C@H](C(=O)O)[C@@H](O)[C@H](O[C@H]8O[C@H](CO)[C@@H](O)[C@@H]8O)[C@H]7O[C@@H]7O[C@H](CO)[C@H](O)[C@H](O)[C@H]7O)C(C)(C)C6CC[C@@]5(C)[C@]4(C)[C@H](O)[C@H](O)[C@]32CO)O[C@@H](C)[C@@H]1O. The number of hydrogen-bond donors (Lipinski definition) is 14. The van der Waals surface area contributed by atoms with Gasteiger partial charge in [0, 0.05) is 23.3 Å². The summed E-state index contributed by atoms with van der Waals surface area (Å²) in [6.07, 6.45) is -34.4. The van der Waals surface area contributed by atoms with Crippen molar-refractivity contribution in [3.05, 3.63) is 23.3 Å². The quantitative estimate of drug-likeness (QED) is 0.0371. The van der Waals surface area contributed by atoms with Crippen molar-refractivity contribution < 1.29 is 133 Å². The highest BCUT2D eigenvalue weighted by Gasteiger charge is 2.76. The lowest BCUT2D eigenvalue weighted by molar-refractivity contribution is -0.386. The Bertz CT molecular complexity index is 2560. The number of aliphatic hydroxyl groups excluding tert-OH is 13. The van der Waals surface area contributed by atoms with E-state index in [0.29, 0.717) is 25.7 Å². The number of carbonyl (C=O) groups excluding carboxylic acids is 2. The molecule has 3 unspecified atom stereocenters. The minimum Gasteiger partial charge on any atom is -0.479 e. The van der Waals surface area contributed by atoms with Crippen molar-refractivity contribution in [2.24, 2.45) is 50.2 Å². The third kappa shape index (κ3) is 11.0. The van der Waals surface area contributed by atoms with E-state index in [1.54, 1.807) is 6.92 Å². The van der Waals surface area contributed by atoms with Gasteiger partial charge in [-0.05, 0) is 93.3 Å². The molecule has 4 saturated carbocycles. The molecule has 0 bridgehead atoms. The summed E-state index contributed by atoms with van der Waals surface area (Å²) in [4.78, 5) is 39.1. The molecule has 87 heavy (non-hydrogen) atoms. The van der Waals surface area contributed by atoms with E-state index in [4.69, 9.17) is 47.4 Å². The van der Waals surface area contributed by atoms with E-state index in [-0.39, 0.29) is 30.3 Å². The van der Waals surface area contributed by atoms with E-state index in [0.717, 1.165) is 5.57 Å². The standard InChI is InChI=1S/C60H94O27/c1-12-23(2)50(77)83-41-33(65)24(3)78-53(40(41)72)87-48-47(79-25(4)64)55(5,6)19-27-26-13-14-31-57(9)17-16-32(56(7,8)30(57)15-18-58(31,10)59(26,11)45(73)46(74)60(27,48)22-63)82-54-44(86-52-38(70)36(68)34(66)28(20-61)80-52)42(39(71)43(85-54)49(75)76)84-51-37(69)35(67)29(21-62)81-51/h12-13,24,27-48,51-54,61-63,65-74H,14-22H2,1-11H3,(H,75,76)/b23-12-/t24-,27?,28+,29+,30?,31?,32-,33-,34-,35+,36-,37-,38+,39-,40-,41+,42-,43-,44+,45+,46-,47-,48+,51+,52-,53+,54-,57-,58+,59-,60-/m0/s1. The molecule has 5 aliphatic carbocycles. The van der Waals surface area contributed by atoms with Gasteiger partial charge < -0.3 is 119 Å². The number of allylic oxidation sites excluding steroid dienone is 2. The van der Waals surface area contributed by atoms with Crippen LogP contribution in [0.25, 0.3) is 0 Å². The summed E-state index contributed by atoms with van der Waals surface area (Å²) in [5.41, 5.74) is -5.28. The van der Waals surface area contributed by atoms with E-state index < -0.39 is 223 Å². The lowest BCUT2D eigenvalue weighted by atomic mass is 9.32. The molecule has 0 spiro atoms. The van der Waals surface area contributed by atoms with Crippen molar-refractivity contribution in [1.29, 1.82) is 0 Å². The zero-order valence-electron chi connectivity index (χ0n) is 51.2. The molecule has 0 aromatic heterocycles. The maximum atomic E-state index is 13.2. The van der Waals surface area contributed by atoms with E-state index >= 15 is 0 Å². The number of carbonyl (C=O) groups is 3. The molecule has 14 N–H and O–H groups in total. The summed E-state index contributed by atoms with van der Waals surface area (Å²) in [5, 5.41) is 158. The molecule has 31 atom stereocenters. The zero-order valence-corrected chi connectivity index (χ0v) is 51.2. The second-order valence-electron chi connectivity index (χ2n) is 28.0. The normalized spacial score (nSPS) is 51.2. The second-order valence-corrected chi connectivity index (χ2v) is 28.0. The van der Waals surface area contributed by atoms with Crippen LogP contribution in [-0.4, -0.2) is 256 Å². The van der Waals surface area contributed by atoms with Crippen molar-refractivity contribution in [2.75, 3.05) is 19.8 Å². The number of carboxylic acids is 1. The topological polar surface area (TPSA) is 427 Å². The van der Waals surface area contributed by atoms with Crippen LogP contribution in [0.15, 0.2) is 23.3 Å². The number of esters is 2. The number of ether oxygens (including phenoxy) is 10. The summed E-state index contributed by atoms with van der Waals surface area (Å²) in [6.45, 7) is 17.3. The van der Waals surface area contributed by atoms with Crippen LogP contribution in [0.2, 0.25) is 0 Å². The number of aliphatic carboxylic acids is 1. The zero-order chi connectivity index (χ0) is 64.3. The molecule has 4 aliphatic heterocycles. The minimum atomic E-state index is -2.15. The smallest absolute Gasteiger partial charge is 0.335 e. The van der Waals surface area contributed by atoms with Crippen LogP contribution in [0.3, 0.4) is 0 Å². The molecule has 0 radical (unpaired) electrons. The van der Waals surface area contributed by atoms with Crippen LogP contribution in [0, 0.1) is 50.2 Å². The molecule has 8 fully saturated rings. The fourth-order valence-electron chi connectivity index (χ4n) is 17.5. The first kappa shape index (κ1) is 68.4. The van der Waals surface area contributed by atoms with Gasteiger partial charge in [0.2, 0.25) is 0 Å². The molecule has 9 rings (SSSR count). The Labute approximate surface area is 505 Å². The fourth-order valence-corrected chi connectivity index (χ4v) is 17.5. The number of hydrogen-bond acceptors (Lipinski definition) is 26. The molecule has 4 saturated heterocycles. The maximum absolute atomic E-state index is 13.2. The van der Waals surface area contributed by atoms with Gasteiger partial charge in [-0.15, -0.1) is 0 Å². The van der Waals surface area contributed by atoms with Crippen molar-refractivity contribution in [3.8, 4) is 0 Å². The number of aliphatic hydroxyl groups is 13. The predicted molar refractivity (Wildman–Crippen MR) is 294 cm³/mol. The van der Waals surface area contributed by atoms with Gasteiger partial charge in [0.1, 0.15) is 85.5 Å². The van der Waals surface area contributed by atoms with Crippen molar-refractivity contribution in [3.63, 3.8) is 0 Å². The summed E-state index contributed by atoms with van der Waals surface area (Å²) >= 11 is 0. The van der Waals surface area contributed by atoms with Gasteiger partial charge >= 0.3 is 17.9 Å². The molecule has 0 aromatic carbocycles. The third-order valence-corrected chi connectivity index (χ3v) is 22.7. The van der Waals surface area contributed by atoms with Gasteiger partial charge in [-0.3, -0.25) is 4.79 Å². The fraction of sp³-hybridized carbons (Fsp3) is 0.883. The Morgan fingerprint density at radius 1 is 0.621 bits per heavy atom. The van der Waals surface area contributed by atoms with Gasteiger partial charge in [-0.1, -0.05) is 66.2 Å². The van der Waals surface area contributed by atoms with Crippen LogP contribution in [0.1, 0.15) is 115 Å². The van der Waals surface area contributed by atoms with Crippen molar-refractivity contribution >= 4 is 17.9 Å². The van der Waals surface area contributed by atoms with E-state index in [1.165, 1.54) is 26.8 Å².